The summed E-state index contributed by atoms with van der Waals surface area (Å²) in [4.78, 5) is 0. The van der Waals surface area contributed by atoms with Gasteiger partial charge in [-0.3, -0.25) is 0 Å². The van der Waals surface area contributed by atoms with Gasteiger partial charge in [-0.05, 0) is 62.2 Å². The predicted molar refractivity (Wildman–Crippen MR) is 98.9 cm³/mol. The van der Waals surface area contributed by atoms with Crippen molar-refractivity contribution in [3.8, 4) is 6.07 Å². The lowest BCUT2D eigenvalue weighted by atomic mass is 9.68. The van der Waals surface area contributed by atoms with E-state index in [1.54, 1.807) is 0 Å². The van der Waals surface area contributed by atoms with Gasteiger partial charge in [-0.1, -0.05) is 63.7 Å². The Labute approximate surface area is 143 Å². The van der Waals surface area contributed by atoms with Gasteiger partial charge < -0.3 is 0 Å². The van der Waals surface area contributed by atoms with Crippen LogP contribution in [0.3, 0.4) is 0 Å². The monoisotopic (exact) mass is 313 g/mol. The molecule has 128 valence electrons. The van der Waals surface area contributed by atoms with Gasteiger partial charge in [0.05, 0.1) is 6.07 Å². The van der Waals surface area contributed by atoms with Gasteiger partial charge in [-0.25, -0.2) is 0 Å². The SMILES string of the molecule is CCC[C@H]1CC[C@H](C2CCC(CC/C=C/C=C/C#N)CC2)CC1. The van der Waals surface area contributed by atoms with Crippen LogP contribution in [0.25, 0.3) is 0 Å². The first kappa shape index (κ1) is 18.3. The molecule has 1 heteroatoms. The molecule has 0 spiro atoms. The van der Waals surface area contributed by atoms with Crippen molar-refractivity contribution in [1.82, 2.24) is 0 Å². The fraction of sp³-hybridized carbons (Fsp3) is 0.773. The normalized spacial score (nSPS) is 32.3. The molecule has 2 fully saturated rings. The van der Waals surface area contributed by atoms with Crippen molar-refractivity contribution >= 4 is 0 Å². The molecule has 0 aliphatic heterocycles. The molecular formula is C22H35N. The van der Waals surface area contributed by atoms with E-state index in [2.05, 4.69) is 13.0 Å². The standard InChI is InChI=1S/C22H35N/c1-2-8-19-10-14-21(15-11-19)22-16-12-20(13-17-22)9-6-4-3-5-7-18-23/h3-5,7,19-22H,2,6,8-17H2,1H3/b4-3+,7-5+/t19-,20?,21-,22?. The second-order valence-corrected chi connectivity index (χ2v) is 7.84. The molecule has 2 saturated carbocycles. The van der Waals surface area contributed by atoms with E-state index in [0.717, 1.165) is 23.7 Å². The molecule has 0 heterocycles. The molecule has 0 N–H and O–H groups in total. The average Bonchev–Trinajstić information content (AvgIpc) is 2.60. The zero-order valence-corrected chi connectivity index (χ0v) is 15.1. The second kappa shape index (κ2) is 10.7. The van der Waals surface area contributed by atoms with Gasteiger partial charge in [0.15, 0.2) is 0 Å². The van der Waals surface area contributed by atoms with Crippen LogP contribution in [0.5, 0.6) is 0 Å². The Hall–Kier alpha value is -1.03. The third-order valence-electron chi connectivity index (χ3n) is 6.31. The van der Waals surface area contributed by atoms with Crippen molar-refractivity contribution in [3.63, 3.8) is 0 Å². The van der Waals surface area contributed by atoms with Gasteiger partial charge in [-0.15, -0.1) is 0 Å². The number of nitriles is 1. The Morgan fingerprint density at radius 3 is 1.91 bits per heavy atom. The van der Waals surface area contributed by atoms with Gasteiger partial charge in [0.2, 0.25) is 0 Å². The Kier molecular flexibility index (Phi) is 8.51. The minimum atomic E-state index is 0.951. The average molecular weight is 314 g/mol. The van der Waals surface area contributed by atoms with Crippen LogP contribution in [-0.4, -0.2) is 0 Å². The van der Waals surface area contributed by atoms with Gasteiger partial charge in [0.1, 0.15) is 0 Å². The Balaban J connectivity index is 1.60. The molecule has 2 aliphatic carbocycles. The van der Waals surface area contributed by atoms with E-state index < -0.39 is 0 Å². The Morgan fingerprint density at radius 1 is 0.826 bits per heavy atom. The first-order valence-corrected chi connectivity index (χ1v) is 10.0. The number of rotatable bonds is 7. The molecule has 0 bridgehead atoms. The molecule has 2 aliphatic rings. The number of nitrogens with zero attached hydrogens (tertiary/aromatic N) is 1. The van der Waals surface area contributed by atoms with Crippen LogP contribution < -0.4 is 0 Å². The zero-order valence-electron chi connectivity index (χ0n) is 15.1. The lowest BCUT2D eigenvalue weighted by Gasteiger charge is -2.38. The summed E-state index contributed by atoms with van der Waals surface area (Å²) in [5.74, 6) is 4.10. The molecule has 0 atom stereocenters. The molecule has 0 radical (unpaired) electrons. The highest BCUT2D eigenvalue weighted by atomic mass is 14.4. The molecule has 1 nitrogen and oxygen atoms in total. The van der Waals surface area contributed by atoms with E-state index in [0.29, 0.717) is 0 Å². The third-order valence-corrected chi connectivity index (χ3v) is 6.31. The summed E-state index contributed by atoms with van der Waals surface area (Å²) in [6.45, 7) is 2.34. The van der Waals surface area contributed by atoms with Crippen LogP contribution in [0.2, 0.25) is 0 Å². The summed E-state index contributed by atoms with van der Waals surface area (Å²) in [7, 11) is 0. The molecule has 0 saturated heterocycles. The smallest absolute Gasteiger partial charge is 0.0912 e. The number of hydrogen-bond acceptors (Lipinski definition) is 1. The maximum atomic E-state index is 8.43. The predicted octanol–water partition coefficient (Wildman–Crippen LogP) is 6.82. The minimum Gasteiger partial charge on any atom is -0.193 e. The van der Waals surface area contributed by atoms with E-state index in [1.165, 1.54) is 83.1 Å². The van der Waals surface area contributed by atoms with Crippen molar-refractivity contribution in [2.75, 3.05) is 0 Å². The zero-order chi connectivity index (χ0) is 16.3. The van der Waals surface area contributed by atoms with E-state index in [4.69, 9.17) is 5.26 Å². The number of hydrogen-bond donors (Lipinski definition) is 0. The van der Waals surface area contributed by atoms with Gasteiger partial charge >= 0.3 is 0 Å². The minimum absolute atomic E-state index is 0.951. The Bertz CT molecular complexity index is 398. The fourth-order valence-electron chi connectivity index (χ4n) is 4.91. The largest absolute Gasteiger partial charge is 0.193 e. The lowest BCUT2D eigenvalue weighted by Crippen LogP contribution is -2.25. The van der Waals surface area contributed by atoms with E-state index in [-0.39, 0.29) is 0 Å². The third kappa shape index (κ3) is 6.54. The van der Waals surface area contributed by atoms with Crippen LogP contribution in [0.15, 0.2) is 24.3 Å². The van der Waals surface area contributed by atoms with Crippen LogP contribution in [0.1, 0.15) is 84.0 Å². The maximum absolute atomic E-state index is 8.43. The van der Waals surface area contributed by atoms with Crippen LogP contribution in [-0.2, 0) is 0 Å². The fourth-order valence-corrected chi connectivity index (χ4v) is 4.91. The number of allylic oxidation sites excluding steroid dienone is 4. The highest BCUT2D eigenvalue weighted by molar-refractivity contribution is 5.11. The summed E-state index contributed by atoms with van der Waals surface area (Å²) >= 11 is 0. The molecule has 0 aromatic heterocycles. The van der Waals surface area contributed by atoms with Crippen LogP contribution in [0.4, 0.5) is 0 Å². The molecule has 23 heavy (non-hydrogen) atoms. The van der Waals surface area contributed by atoms with E-state index in [9.17, 15) is 0 Å². The molecule has 0 amide bonds. The first-order valence-electron chi connectivity index (χ1n) is 10.0. The quantitative estimate of drug-likeness (QED) is 0.374. The van der Waals surface area contributed by atoms with Crippen LogP contribution in [0, 0.1) is 35.0 Å². The van der Waals surface area contributed by atoms with Crippen molar-refractivity contribution in [1.29, 1.82) is 5.26 Å². The lowest BCUT2D eigenvalue weighted by molar-refractivity contribution is 0.141. The highest BCUT2D eigenvalue weighted by Crippen LogP contribution is 2.42. The highest BCUT2D eigenvalue weighted by Gasteiger charge is 2.30. The van der Waals surface area contributed by atoms with Crippen molar-refractivity contribution in [2.45, 2.75) is 84.0 Å². The molecule has 0 aromatic carbocycles. The summed E-state index contributed by atoms with van der Waals surface area (Å²) in [5, 5.41) is 8.43. The van der Waals surface area contributed by atoms with E-state index in [1.807, 2.05) is 18.2 Å². The Morgan fingerprint density at radius 2 is 1.39 bits per heavy atom. The van der Waals surface area contributed by atoms with Gasteiger partial charge in [0, 0.05) is 6.08 Å². The van der Waals surface area contributed by atoms with E-state index >= 15 is 0 Å². The molecule has 2 rings (SSSR count). The van der Waals surface area contributed by atoms with Crippen LogP contribution >= 0.6 is 0 Å². The second-order valence-electron chi connectivity index (χ2n) is 7.84. The van der Waals surface area contributed by atoms with Gasteiger partial charge in [-0.2, -0.15) is 5.26 Å². The summed E-state index contributed by atoms with van der Waals surface area (Å²) in [5.41, 5.74) is 0. The van der Waals surface area contributed by atoms with Crippen molar-refractivity contribution in [3.05, 3.63) is 24.3 Å². The van der Waals surface area contributed by atoms with Gasteiger partial charge in [0.25, 0.3) is 0 Å². The topological polar surface area (TPSA) is 23.8 Å². The molecule has 0 unspecified atom stereocenters. The van der Waals surface area contributed by atoms with Crippen molar-refractivity contribution in [2.24, 2.45) is 23.7 Å². The summed E-state index contributed by atoms with van der Waals surface area (Å²) in [6.07, 6.45) is 24.9. The first-order chi connectivity index (χ1) is 11.3. The van der Waals surface area contributed by atoms with Crippen molar-refractivity contribution < 1.29 is 0 Å². The molecule has 0 aromatic rings. The summed E-state index contributed by atoms with van der Waals surface area (Å²) < 4.78 is 0. The molecular weight excluding hydrogens is 278 g/mol. The summed E-state index contributed by atoms with van der Waals surface area (Å²) in [6, 6.07) is 2.02. The maximum Gasteiger partial charge on any atom is 0.0912 e.